The average Bonchev–Trinajstić information content (AvgIpc) is 3.30. The maximum absolute atomic E-state index is 12.4. The van der Waals surface area contributed by atoms with Crippen molar-refractivity contribution >= 4 is 61.2 Å². The first-order valence-corrected chi connectivity index (χ1v) is 10.9. The third-order valence-corrected chi connectivity index (χ3v) is 5.84. The fraction of sp³-hybridized carbons (Fsp3) is 0.286. The average molecular weight is 460 g/mol. The number of amides is 1. The van der Waals surface area contributed by atoms with Crippen LogP contribution >= 0.6 is 22.9 Å². The number of hydrogen-bond donors (Lipinski definition) is 2. The van der Waals surface area contributed by atoms with Gasteiger partial charge in [-0.1, -0.05) is 22.9 Å². The van der Waals surface area contributed by atoms with Gasteiger partial charge in [-0.2, -0.15) is 0 Å². The first kappa shape index (κ1) is 21.5. The van der Waals surface area contributed by atoms with Crippen molar-refractivity contribution < 1.29 is 14.3 Å². The fourth-order valence-electron chi connectivity index (χ4n) is 3.08. The van der Waals surface area contributed by atoms with E-state index < -0.39 is 0 Å². The summed E-state index contributed by atoms with van der Waals surface area (Å²) in [6.07, 6.45) is 0. The normalized spacial score (nSPS) is 11.3. The predicted molar refractivity (Wildman–Crippen MR) is 124 cm³/mol. The van der Waals surface area contributed by atoms with Crippen LogP contribution in [0, 0.1) is 0 Å². The SMILES string of the molecule is COCCOCCNC(=O)c1ccc2c(c1)nc(Nc1nc3ccc(Cl)cc3s1)n2C. The summed E-state index contributed by atoms with van der Waals surface area (Å²) >= 11 is 7.57. The zero-order chi connectivity index (χ0) is 21.8. The Hall–Kier alpha value is -2.72. The Kier molecular flexibility index (Phi) is 6.67. The minimum absolute atomic E-state index is 0.166. The number of aryl methyl sites for hydroxylation is 1. The number of halogens is 1. The van der Waals surface area contributed by atoms with Crippen molar-refractivity contribution in [1.82, 2.24) is 19.9 Å². The number of hydrogen-bond acceptors (Lipinski definition) is 7. The van der Waals surface area contributed by atoms with Gasteiger partial charge in [-0.25, -0.2) is 9.97 Å². The molecule has 0 radical (unpaired) electrons. The lowest BCUT2D eigenvalue weighted by Gasteiger charge is -2.06. The van der Waals surface area contributed by atoms with E-state index in [0.29, 0.717) is 42.9 Å². The van der Waals surface area contributed by atoms with Gasteiger partial charge in [0.25, 0.3) is 5.91 Å². The van der Waals surface area contributed by atoms with Gasteiger partial charge in [0.2, 0.25) is 5.95 Å². The summed E-state index contributed by atoms with van der Waals surface area (Å²) < 4.78 is 13.2. The maximum Gasteiger partial charge on any atom is 0.251 e. The Balaban J connectivity index is 1.46. The van der Waals surface area contributed by atoms with E-state index in [4.69, 9.17) is 21.1 Å². The zero-order valence-electron chi connectivity index (χ0n) is 17.1. The van der Waals surface area contributed by atoms with Crippen molar-refractivity contribution in [1.29, 1.82) is 0 Å². The number of thiazole rings is 1. The van der Waals surface area contributed by atoms with Crippen molar-refractivity contribution in [3.8, 4) is 0 Å². The van der Waals surface area contributed by atoms with Crippen LogP contribution < -0.4 is 10.6 Å². The van der Waals surface area contributed by atoms with E-state index in [1.807, 2.05) is 35.9 Å². The van der Waals surface area contributed by atoms with Crippen LogP contribution in [0.25, 0.3) is 21.3 Å². The zero-order valence-corrected chi connectivity index (χ0v) is 18.7. The lowest BCUT2D eigenvalue weighted by Crippen LogP contribution is -2.27. The number of imidazole rings is 1. The molecule has 0 aliphatic carbocycles. The number of methoxy groups -OCH3 is 1. The topological polar surface area (TPSA) is 90.3 Å². The van der Waals surface area contributed by atoms with Gasteiger partial charge in [-0.05, 0) is 36.4 Å². The molecule has 2 heterocycles. The van der Waals surface area contributed by atoms with Crippen LogP contribution in [0.3, 0.4) is 0 Å². The van der Waals surface area contributed by atoms with Crippen molar-refractivity contribution in [3.05, 3.63) is 47.0 Å². The van der Waals surface area contributed by atoms with Crippen LogP contribution in [-0.4, -0.2) is 53.9 Å². The molecule has 4 aromatic rings. The molecular weight excluding hydrogens is 438 g/mol. The number of rotatable bonds is 9. The molecule has 8 nitrogen and oxygen atoms in total. The number of ether oxygens (including phenoxy) is 2. The summed E-state index contributed by atoms with van der Waals surface area (Å²) in [5.41, 5.74) is 3.05. The monoisotopic (exact) mass is 459 g/mol. The molecule has 2 aromatic carbocycles. The van der Waals surface area contributed by atoms with Gasteiger partial charge in [0.05, 0.1) is 41.1 Å². The second-order valence-corrected chi connectivity index (χ2v) is 8.28. The van der Waals surface area contributed by atoms with E-state index in [0.717, 1.165) is 26.4 Å². The highest BCUT2D eigenvalue weighted by Crippen LogP contribution is 2.31. The predicted octanol–water partition coefficient (Wildman–Crippen LogP) is 3.97. The number of aromatic nitrogens is 3. The first-order chi connectivity index (χ1) is 15.0. The quantitative estimate of drug-likeness (QED) is 0.368. The molecule has 0 aliphatic rings. The summed E-state index contributed by atoms with van der Waals surface area (Å²) in [5, 5.41) is 7.52. The molecule has 0 spiro atoms. The number of fused-ring (bicyclic) bond motifs is 2. The van der Waals surface area contributed by atoms with Crippen LogP contribution in [0.1, 0.15) is 10.4 Å². The molecule has 0 atom stereocenters. The number of carbonyl (C=O) groups excluding carboxylic acids is 1. The number of nitrogens with zero attached hydrogens (tertiary/aromatic N) is 3. The summed E-state index contributed by atoms with van der Waals surface area (Å²) in [7, 11) is 3.54. The molecule has 31 heavy (non-hydrogen) atoms. The molecule has 10 heteroatoms. The molecule has 2 N–H and O–H groups in total. The summed E-state index contributed by atoms with van der Waals surface area (Å²) in [5.74, 6) is 0.477. The van der Waals surface area contributed by atoms with Gasteiger partial charge in [0.15, 0.2) is 5.13 Å². The lowest BCUT2D eigenvalue weighted by molar-refractivity contribution is 0.0693. The Morgan fingerprint density at radius 3 is 2.84 bits per heavy atom. The van der Waals surface area contributed by atoms with E-state index in [1.54, 1.807) is 19.2 Å². The van der Waals surface area contributed by atoms with Crippen molar-refractivity contribution in [2.75, 3.05) is 38.8 Å². The Labute approximate surface area is 188 Å². The highest BCUT2D eigenvalue weighted by atomic mass is 35.5. The van der Waals surface area contributed by atoms with Crippen molar-refractivity contribution in [2.45, 2.75) is 0 Å². The molecule has 2 aromatic heterocycles. The number of anilines is 2. The van der Waals surface area contributed by atoms with E-state index in [2.05, 4.69) is 20.6 Å². The van der Waals surface area contributed by atoms with Gasteiger partial charge in [0, 0.05) is 31.3 Å². The molecule has 0 unspecified atom stereocenters. The molecule has 162 valence electrons. The largest absolute Gasteiger partial charge is 0.382 e. The van der Waals surface area contributed by atoms with Crippen LogP contribution in [0.2, 0.25) is 5.02 Å². The molecule has 0 bridgehead atoms. The second-order valence-electron chi connectivity index (χ2n) is 6.82. The van der Waals surface area contributed by atoms with Gasteiger partial charge >= 0.3 is 0 Å². The molecule has 0 aliphatic heterocycles. The third kappa shape index (κ3) is 4.96. The van der Waals surface area contributed by atoms with Crippen LogP contribution in [0.5, 0.6) is 0 Å². The van der Waals surface area contributed by atoms with Gasteiger partial charge in [-0.15, -0.1) is 0 Å². The van der Waals surface area contributed by atoms with Gasteiger partial charge < -0.3 is 24.7 Å². The highest BCUT2D eigenvalue weighted by molar-refractivity contribution is 7.22. The Bertz CT molecular complexity index is 1220. The number of carbonyl (C=O) groups is 1. The van der Waals surface area contributed by atoms with Crippen molar-refractivity contribution in [3.63, 3.8) is 0 Å². The molecule has 0 saturated heterocycles. The van der Waals surface area contributed by atoms with E-state index >= 15 is 0 Å². The molecule has 0 saturated carbocycles. The third-order valence-electron chi connectivity index (χ3n) is 4.68. The van der Waals surface area contributed by atoms with Gasteiger partial charge in [0.1, 0.15) is 0 Å². The lowest BCUT2D eigenvalue weighted by atomic mass is 10.2. The smallest absolute Gasteiger partial charge is 0.251 e. The van der Waals surface area contributed by atoms with Crippen LogP contribution in [0.15, 0.2) is 36.4 Å². The standard InChI is InChI=1S/C21H22ClN5O3S/c1-27-17-6-3-13(19(28)23-7-8-30-10-9-29-2)11-16(17)24-20(27)26-21-25-15-5-4-14(22)12-18(15)31-21/h3-6,11-12H,7-10H2,1-2H3,(H,23,28)(H,24,25,26). The minimum atomic E-state index is -0.166. The first-order valence-electron chi connectivity index (χ1n) is 9.69. The molecule has 0 fully saturated rings. The number of benzene rings is 2. The highest BCUT2D eigenvalue weighted by Gasteiger charge is 2.13. The summed E-state index contributed by atoms with van der Waals surface area (Å²) in [6.45, 7) is 1.90. The Morgan fingerprint density at radius 2 is 2.00 bits per heavy atom. The number of nitrogens with one attached hydrogen (secondary N) is 2. The van der Waals surface area contributed by atoms with Crippen LogP contribution in [-0.2, 0) is 16.5 Å². The minimum Gasteiger partial charge on any atom is -0.382 e. The van der Waals surface area contributed by atoms with E-state index in [1.165, 1.54) is 11.3 Å². The van der Waals surface area contributed by atoms with Crippen molar-refractivity contribution in [2.24, 2.45) is 7.05 Å². The van der Waals surface area contributed by atoms with Gasteiger partial charge in [-0.3, -0.25) is 4.79 Å². The van der Waals surface area contributed by atoms with Crippen LogP contribution in [0.4, 0.5) is 11.1 Å². The Morgan fingerprint density at radius 1 is 1.13 bits per heavy atom. The van der Waals surface area contributed by atoms with E-state index in [9.17, 15) is 4.79 Å². The fourth-order valence-corrected chi connectivity index (χ4v) is 4.22. The summed E-state index contributed by atoms with van der Waals surface area (Å²) in [6, 6.07) is 11.1. The summed E-state index contributed by atoms with van der Waals surface area (Å²) in [4.78, 5) is 21.6. The van der Waals surface area contributed by atoms with E-state index in [-0.39, 0.29) is 5.91 Å². The molecular formula is C21H22ClN5O3S. The molecule has 4 rings (SSSR count). The maximum atomic E-state index is 12.4. The molecule has 1 amide bonds. The second kappa shape index (κ2) is 9.61.